The van der Waals surface area contributed by atoms with Crippen molar-refractivity contribution in [2.75, 3.05) is 20.8 Å². The summed E-state index contributed by atoms with van der Waals surface area (Å²) in [5.74, 6) is 1.76. The Morgan fingerprint density at radius 1 is 0.882 bits per heavy atom. The number of carbonyl (C=O) groups is 1. The first kappa shape index (κ1) is 23.2. The molecule has 0 aliphatic heterocycles. The van der Waals surface area contributed by atoms with Gasteiger partial charge in [-0.1, -0.05) is 18.2 Å². The molecule has 0 bridgehead atoms. The third-order valence-electron chi connectivity index (χ3n) is 5.81. The highest BCUT2D eigenvalue weighted by molar-refractivity contribution is 5.93. The van der Waals surface area contributed by atoms with E-state index in [-0.39, 0.29) is 13.2 Å². The molecule has 0 N–H and O–H groups in total. The van der Waals surface area contributed by atoms with Crippen molar-refractivity contribution in [2.45, 2.75) is 26.5 Å². The van der Waals surface area contributed by atoms with Gasteiger partial charge in [0.2, 0.25) is 6.10 Å². The Balaban J connectivity index is 1.84. The van der Waals surface area contributed by atoms with E-state index in [1.165, 1.54) is 0 Å². The summed E-state index contributed by atoms with van der Waals surface area (Å²) in [6.45, 7) is 4.43. The van der Waals surface area contributed by atoms with E-state index in [1.54, 1.807) is 21.1 Å². The van der Waals surface area contributed by atoms with E-state index < -0.39 is 12.1 Å². The van der Waals surface area contributed by atoms with Crippen LogP contribution in [0.1, 0.15) is 12.5 Å². The molecule has 1 unspecified atom stereocenters. The van der Waals surface area contributed by atoms with Crippen molar-refractivity contribution < 1.29 is 23.7 Å². The molecule has 0 saturated heterocycles. The molecule has 6 heteroatoms. The Morgan fingerprint density at radius 3 is 2.21 bits per heavy atom. The van der Waals surface area contributed by atoms with Gasteiger partial charge in [0, 0.05) is 10.9 Å². The first-order chi connectivity index (χ1) is 16.5. The lowest BCUT2D eigenvalue weighted by atomic mass is 10.1. The maximum atomic E-state index is 12.9. The van der Waals surface area contributed by atoms with Crippen molar-refractivity contribution in [2.24, 2.45) is 0 Å². The number of carbonyl (C=O) groups excluding carboxylic acids is 1. The van der Waals surface area contributed by atoms with Crippen LogP contribution in [-0.2, 0) is 16.1 Å². The lowest BCUT2D eigenvalue weighted by molar-refractivity contribution is -0.152. The molecule has 176 valence electrons. The first-order valence-corrected chi connectivity index (χ1v) is 11.2. The van der Waals surface area contributed by atoms with E-state index in [2.05, 4.69) is 11.5 Å². The SMILES string of the molecule is CCOC(=O)C(Cn1c(-c2ccc(OC)cc2)c(C)c2cc(OC)ccc21)Oc1ccccc1. The second-order valence-electron chi connectivity index (χ2n) is 7.87. The summed E-state index contributed by atoms with van der Waals surface area (Å²) in [5, 5.41) is 1.05. The number of aryl methyl sites for hydroxylation is 1. The second kappa shape index (κ2) is 10.3. The highest BCUT2D eigenvalue weighted by atomic mass is 16.6. The largest absolute Gasteiger partial charge is 0.497 e. The Kier molecular flexibility index (Phi) is 7.07. The monoisotopic (exact) mass is 459 g/mol. The molecule has 0 fully saturated rings. The van der Waals surface area contributed by atoms with Crippen LogP contribution >= 0.6 is 0 Å². The zero-order chi connectivity index (χ0) is 24.1. The third kappa shape index (κ3) is 4.71. The van der Waals surface area contributed by atoms with Gasteiger partial charge in [0.05, 0.1) is 33.1 Å². The molecule has 0 aliphatic carbocycles. The van der Waals surface area contributed by atoms with E-state index in [0.717, 1.165) is 39.2 Å². The number of aromatic nitrogens is 1. The van der Waals surface area contributed by atoms with Gasteiger partial charge in [0.25, 0.3) is 0 Å². The van der Waals surface area contributed by atoms with Crippen LogP contribution in [0.15, 0.2) is 72.8 Å². The van der Waals surface area contributed by atoms with Gasteiger partial charge in [-0.05, 0) is 79.6 Å². The Labute approximate surface area is 199 Å². The fourth-order valence-corrected chi connectivity index (χ4v) is 4.16. The van der Waals surface area contributed by atoms with Crippen LogP contribution in [-0.4, -0.2) is 37.5 Å². The lowest BCUT2D eigenvalue weighted by Crippen LogP contribution is -2.34. The molecule has 0 spiro atoms. The van der Waals surface area contributed by atoms with Gasteiger partial charge in [0.15, 0.2) is 0 Å². The van der Waals surface area contributed by atoms with Gasteiger partial charge >= 0.3 is 5.97 Å². The van der Waals surface area contributed by atoms with E-state index >= 15 is 0 Å². The highest BCUT2D eigenvalue weighted by Crippen LogP contribution is 2.36. The van der Waals surface area contributed by atoms with Gasteiger partial charge in [-0.25, -0.2) is 4.79 Å². The summed E-state index contributed by atoms with van der Waals surface area (Å²) in [6.07, 6.45) is -0.823. The molecule has 3 aromatic carbocycles. The Hall–Kier alpha value is -3.93. The van der Waals surface area contributed by atoms with Crippen molar-refractivity contribution >= 4 is 16.9 Å². The summed E-state index contributed by atoms with van der Waals surface area (Å²) >= 11 is 0. The number of esters is 1. The minimum atomic E-state index is -0.823. The molecule has 4 aromatic rings. The molecule has 34 heavy (non-hydrogen) atoms. The summed E-state index contributed by atoms with van der Waals surface area (Å²) < 4.78 is 24.4. The van der Waals surface area contributed by atoms with Crippen LogP contribution in [0.5, 0.6) is 17.2 Å². The maximum Gasteiger partial charge on any atom is 0.349 e. The molecule has 1 aromatic heterocycles. The van der Waals surface area contributed by atoms with Crippen molar-refractivity contribution in [3.05, 3.63) is 78.4 Å². The molecule has 0 saturated carbocycles. The average molecular weight is 460 g/mol. The summed E-state index contributed by atoms with van der Waals surface area (Å²) in [6, 6.07) is 23.2. The molecule has 0 amide bonds. The Bertz CT molecular complexity index is 1260. The van der Waals surface area contributed by atoms with Gasteiger partial charge in [-0.3, -0.25) is 0 Å². The standard InChI is InChI=1S/C28H29NO5/c1-5-33-28(30)26(34-22-9-7-6-8-10-22)18-29-25-16-15-23(32-4)17-24(25)19(2)27(29)20-11-13-21(31-3)14-12-20/h6-17,26H,5,18H2,1-4H3. The number of ether oxygens (including phenoxy) is 4. The van der Waals surface area contributed by atoms with Crippen molar-refractivity contribution in [3.63, 3.8) is 0 Å². The second-order valence-corrected chi connectivity index (χ2v) is 7.87. The predicted octanol–water partition coefficient (Wildman–Crippen LogP) is 5.64. The van der Waals surface area contributed by atoms with Crippen LogP contribution in [0.25, 0.3) is 22.2 Å². The van der Waals surface area contributed by atoms with E-state index in [9.17, 15) is 4.79 Å². The predicted molar refractivity (Wildman–Crippen MR) is 133 cm³/mol. The number of hydrogen-bond donors (Lipinski definition) is 0. The van der Waals surface area contributed by atoms with Crippen LogP contribution in [0, 0.1) is 6.92 Å². The quantitative estimate of drug-likeness (QED) is 0.303. The number of fused-ring (bicyclic) bond motifs is 1. The van der Waals surface area contributed by atoms with Crippen molar-refractivity contribution in [1.82, 2.24) is 4.57 Å². The summed E-state index contributed by atoms with van der Waals surface area (Å²) in [7, 11) is 3.30. The zero-order valence-electron chi connectivity index (χ0n) is 19.9. The summed E-state index contributed by atoms with van der Waals surface area (Å²) in [5.41, 5.74) is 4.07. The molecule has 0 radical (unpaired) electrons. The van der Waals surface area contributed by atoms with Crippen molar-refractivity contribution in [3.8, 4) is 28.5 Å². The van der Waals surface area contributed by atoms with Gasteiger partial charge in [0.1, 0.15) is 17.2 Å². The zero-order valence-corrected chi connectivity index (χ0v) is 19.9. The Morgan fingerprint density at radius 2 is 1.56 bits per heavy atom. The molecular weight excluding hydrogens is 430 g/mol. The fourth-order valence-electron chi connectivity index (χ4n) is 4.16. The number of hydrogen-bond acceptors (Lipinski definition) is 5. The van der Waals surface area contributed by atoms with E-state index in [0.29, 0.717) is 5.75 Å². The number of nitrogens with zero attached hydrogens (tertiary/aromatic N) is 1. The molecule has 6 nitrogen and oxygen atoms in total. The first-order valence-electron chi connectivity index (χ1n) is 11.2. The molecule has 1 atom stereocenters. The van der Waals surface area contributed by atoms with Gasteiger partial charge in [-0.15, -0.1) is 0 Å². The van der Waals surface area contributed by atoms with E-state index in [1.807, 2.05) is 72.8 Å². The van der Waals surface area contributed by atoms with Crippen LogP contribution in [0.2, 0.25) is 0 Å². The third-order valence-corrected chi connectivity index (χ3v) is 5.81. The number of methoxy groups -OCH3 is 2. The summed E-state index contributed by atoms with van der Waals surface area (Å²) in [4.78, 5) is 12.9. The lowest BCUT2D eigenvalue weighted by Gasteiger charge is -2.21. The minimum Gasteiger partial charge on any atom is -0.497 e. The molecule has 1 heterocycles. The number of para-hydroxylation sites is 1. The minimum absolute atomic E-state index is 0.279. The normalized spacial score (nSPS) is 11.8. The van der Waals surface area contributed by atoms with Gasteiger partial charge in [-0.2, -0.15) is 0 Å². The van der Waals surface area contributed by atoms with E-state index in [4.69, 9.17) is 18.9 Å². The van der Waals surface area contributed by atoms with Crippen LogP contribution in [0.3, 0.4) is 0 Å². The van der Waals surface area contributed by atoms with Crippen LogP contribution < -0.4 is 14.2 Å². The fraction of sp³-hybridized carbons (Fsp3) is 0.250. The number of benzene rings is 3. The molecule has 4 rings (SSSR count). The topological polar surface area (TPSA) is 58.9 Å². The highest BCUT2D eigenvalue weighted by Gasteiger charge is 2.26. The van der Waals surface area contributed by atoms with Gasteiger partial charge < -0.3 is 23.5 Å². The average Bonchev–Trinajstić information content (AvgIpc) is 3.15. The maximum absolute atomic E-state index is 12.9. The molecular formula is C28H29NO5. The van der Waals surface area contributed by atoms with Crippen LogP contribution in [0.4, 0.5) is 0 Å². The molecule has 0 aliphatic rings. The number of rotatable bonds is 9. The van der Waals surface area contributed by atoms with Crippen molar-refractivity contribution in [1.29, 1.82) is 0 Å². The smallest absolute Gasteiger partial charge is 0.349 e.